The molecule has 0 spiro atoms. The van der Waals surface area contributed by atoms with Crippen molar-refractivity contribution in [1.82, 2.24) is 4.90 Å². The molecule has 1 aliphatic rings. The second-order valence-electron chi connectivity index (χ2n) is 9.46. The quantitative estimate of drug-likeness (QED) is 0.197. The molecule has 1 aliphatic heterocycles. The third kappa shape index (κ3) is 6.43. The maximum Gasteiger partial charge on any atom is 0.416 e. The number of rotatable bonds is 8. The number of benzene rings is 3. The number of carboxylic acid groups (broad SMARTS) is 1. The van der Waals surface area contributed by atoms with Crippen LogP contribution in [0, 0.1) is 3.57 Å². The Labute approximate surface area is 247 Å². The predicted molar refractivity (Wildman–Crippen MR) is 153 cm³/mol. The number of carbonyl (C=O) groups is 3. The number of hydrogen-bond acceptors (Lipinski definition) is 3. The first-order valence-electron chi connectivity index (χ1n) is 12.5. The van der Waals surface area contributed by atoms with E-state index in [-0.39, 0.29) is 24.1 Å². The maximum atomic E-state index is 14.3. The van der Waals surface area contributed by atoms with Crippen molar-refractivity contribution in [2.24, 2.45) is 0 Å². The van der Waals surface area contributed by atoms with Gasteiger partial charge < -0.3 is 14.9 Å². The van der Waals surface area contributed by atoms with E-state index in [1.54, 1.807) is 49.4 Å². The van der Waals surface area contributed by atoms with Crippen molar-refractivity contribution >= 4 is 57.7 Å². The van der Waals surface area contributed by atoms with Crippen molar-refractivity contribution in [2.75, 3.05) is 11.4 Å². The Hall–Kier alpha value is -3.12. The van der Waals surface area contributed by atoms with E-state index in [4.69, 9.17) is 16.7 Å². The Morgan fingerprint density at radius 1 is 1.02 bits per heavy atom. The van der Waals surface area contributed by atoms with Crippen LogP contribution < -0.4 is 4.90 Å². The molecule has 1 N–H and O–H groups in total. The van der Waals surface area contributed by atoms with Gasteiger partial charge in [0.05, 0.1) is 22.9 Å². The van der Waals surface area contributed by atoms with Crippen LogP contribution in [0.1, 0.15) is 65.3 Å². The summed E-state index contributed by atoms with van der Waals surface area (Å²) in [5, 5.41) is 9.53. The van der Waals surface area contributed by atoms with E-state index in [1.165, 1.54) is 21.9 Å². The number of anilines is 1. The summed E-state index contributed by atoms with van der Waals surface area (Å²) in [5.74, 6) is -1.91. The van der Waals surface area contributed by atoms with Crippen molar-refractivity contribution in [2.45, 2.75) is 44.4 Å². The topological polar surface area (TPSA) is 77.9 Å². The molecule has 0 saturated heterocycles. The van der Waals surface area contributed by atoms with Crippen LogP contribution in [0.3, 0.4) is 0 Å². The van der Waals surface area contributed by atoms with E-state index in [1.807, 2.05) is 0 Å². The number of hydrogen-bond donors (Lipinski definition) is 1. The largest absolute Gasteiger partial charge is 0.481 e. The molecule has 2 unspecified atom stereocenters. The Balaban J connectivity index is 1.87. The SMILES string of the molecule is CC(c1ccc(Cl)cc1)N1C(=O)c2cc(I)ccc2N(CCCCC(=O)O)C(=O)C1c1ccc(C(F)(F)F)cc1. The van der Waals surface area contributed by atoms with Gasteiger partial charge in [-0.15, -0.1) is 0 Å². The molecule has 3 aromatic rings. The van der Waals surface area contributed by atoms with E-state index in [2.05, 4.69) is 22.6 Å². The lowest BCUT2D eigenvalue weighted by Gasteiger charge is -2.36. The number of amides is 2. The smallest absolute Gasteiger partial charge is 0.416 e. The van der Waals surface area contributed by atoms with Gasteiger partial charge in [-0.05, 0) is 95.9 Å². The van der Waals surface area contributed by atoms with Gasteiger partial charge in [0.2, 0.25) is 0 Å². The molecule has 4 rings (SSSR count). The summed E-state index contributed by atoms with van der Waals surface area (Å²) >= 11 is 8.14. The molecule has 0 aliphatic carbocycles. The fourth-order valence-electron chi connectivity index (χ4n) is 4.79. The fourth-order valence-corrected chi connectivity index (χ4v) is 5.41. The lowest BCUT2D eigenvalue weighted by Crippen LogP contribution is -2.44. The van der Waals surface area contributed by atoms with Gasteiger partial charge in [0.25, 0.3) is 11.8 Å². The predicted octanol–water partition coefficient (Wildman–Crippen LogP) is 7.51. The molecule has 1 heterocycles. The van der Waals surface area contributed by atoms with Crippen molar-refractivity contribution < 1.29 is 32.7 Å². The molecular weight excluding hydrogens is 660 g/mol. The average molecular weight is 685 g/mol. The van der Waals surface area contributed by atoms with Crippen LogP contribution in [0.15, 0.2) is 66.7 Å². The average Bonchev–Trinajstić information content (AvgIpc) is 2.99. The van der Waals surface area contributed by atoms with Crippen molar-refractivity contribution in [3.8, 4) is 0 Å². The second-order valence-corrected chi connectivity index (χ2v) is 11.1. The van der Waals surface area contributed by atoms with Crippen LogP contribution in [0.5, 0.6) is 0 Å². The molecule has 0 aromatic heterocycles. The van der Waals surface area contributed by atoms with E-state index in [0.717, 1.165) is 15.7 Å². The zero-order valence-electron chi connectivity index (χ0n) is 21.3. The lowest BCUT2D eigenvalue weighted by atomic mass is 9.97. The molecule has 11 heteroatoms. The first kappa shape index (κ1) is 29.9. The minimum absolute atomic E-state index is 0.0808. The number of carboxylic acids is 1. The highest BCUT2D eigenvalue weighted by Crippen LogP contribution is 2.41. The number of unbranched alkanes of at least 4 members (excludes halogenated alkanes) is 1. The highest BCUT2D eigenvalue weighted by atomic mass is 127. The Morgan fingerprint density at radius 3 is 2.27 bits per heavy atom. The molecule has 0 bridgehead atoms. The third-order valence-corrected chi connectivity index (χ3v) is 7.76. The normalized spacial score (nSPS) is 16.5. The summed E-state index contributed by atoms with van der Waals surface area (Å²) in [5.41, 5.74) is 0.682. The van der Waals surface area contributed by atoms with Crippen LogP contribution in [0.25, 0.3) is 0 Å². The van der Waals surface area contributed by atoms with E-state index in [0.29, 0.717) is 29.1 Å². The van der Waals surface area contributed by atoms with Crippen LogP contribution >= 0.6 is 34.2 Å². The van der Waals surface area contributed by atoms with Gasteiger partial charge in [-0.2, -0.15) is 13.2 Å². The fraction of sp³-hybridized carbons (Fsp3) is 0.276. The van der Waals surface area contributed by atoms with Gasteiger partial charge in [0.15, 0.2) is 0 Å². The van der Waals surface area contributed by atoms with E-state index >= 15 is 0 Å². The van der Waals surface area contributed by atoms with Crippen LogP contribution in [-0.4, -0.2) is 34.3 Å². The van der Waals surface area contributed by atoms with Crippen LogP contribution in [-0.2, 0) is 15.8 Å². The summed E-state index contributed by atoms with van der Waals surface area (Å²) in [7, 11) is 0. The molecule has 210 valence electrons. The Bertz CT molecular complexity index is 1410. The zero-order valence-corrected chi connectivity index (χ0v) is 24.2. The van der Waals surface area contributed by atoms with Crippen LogP contribution in [0.4, 0.5) is 18.9 Å². The molecular formula is C29H25ClF3IN2O4. The molecule has 0 radical (unpaired) electrons. The zero-order chi connectivity index (χ0) is 29.2. The molecule has 0 saturated carbocycles. The Kier molecular flexibility index (Phi) is 9.09. The molecule has 2 atom stereocenters. The highest BCUT2D eigenvalue weighted by molar-refractivity contribution is 14.1. The number of fused-ring (bicyclic) bond motifs is 1. The molecule has 0 fully saturated rings. The summed E-state index contributed by atoms with van der Waals surface area (Å²) in [4.78, 5) is 42.5. The van der Waals surface area contributed by atoms with Crippen LogP contribution in [0.2, 0.25) is 5.02 Å². The first-order chi connectivity index (χ1) is 18.9. The van der Waals surface area contributed by atoms with E-state index < -0.39 is 41.6 Å². The second kappa shape index (κ2) is 12.2. The van der Waals surface area contributed by atoms with Gasteiger partial charge in [-0.3, -0.25) is 14.4 Å². The summed E-state index contributed by atoms with van der Waals surface area (Å²) in [6.45, 7) is 1.88. The number of alkyl halides is 3. The van der Waals surface area contributed by atoms with Gasteiger partial charge in [-0.1, -0.05) is 35.9 Å². The molecule has 2 amide bonds. The van der Waals surface area contributed by atoms with Crippen molar-refractivity contribution in [1.29, 1.82) is 0 Å². The summed E-state index contributed by atoms with van der Waals surface area (Å²) in [6, 6.07) is 14.2. The maximum absolute atomic E-state index is 14.3. The minimum atomic E-state index is -4.57. The number of halogens is 5. The first-order valence-corrected chi connectivity index (χ1v) is 13.9. The monoisotopic (exact) mass is 684 g/mol. The van der Waals surface area contributed by atoms with Crippen molar-refractivity contribution in [3.05, 3.63) is 97.6 Å². The lowest BCUT2D eigenvalue weighted by molar-refractivity contribution is -0.138. The third-order valence-electron chi connectivity index (χ3n) is 6.84. The number of nitrogens with zero attached hydrogens (tertiary/aromatic N) is 2. The molecule has 3 aromatic carbocycles. The highest BCUT2D eigenvalue weighted by Gasteiger charge is 2.43. The number of carbonyl (C=O) groups excluding carboxylic acids is 2. The van der Waals surface area contributed by atoms with Crippen molar-refractivity contribution in [3.63, 3.8) is 0 Å². The van der Waals surface area contributed by atoms with Gasteiger partial charge in [-0.25, -0.2) is 0 Å². The van der Waals surface area contributed by atoms with Gasteiger partial charge in [0.1, 0.15) is 6.04 Å². The van der Waals surface area contributed by atoms with Gasteiger partial charge >= 0.3 is 12.1 Å². The summed E-state index contributed by atoms with van der Waals surface area (Å²) in [6.07, 6.45) is -3.99. The number of aliphatic carboxylic acids is 1. The standard InChI is InChI=1S/C29H25ClF3IN2O4/c1-17(18-7-11-21(30)12-8-18)36-26(19-5-9-20(10-6-19)29(31,32)33)28(40)35(15-3-2-4-25(37)38)24-14-13-22(34)16-23(24)27(36)39/h5-14,16-17,26H,2-4,15H2,1H3,(H,37,38). The summed E-state index contributed by atoms with van der Waals surface area (Å²) < 4.78 is 40.8. The molecule has 40 heavy (non-hydrogen) atoms. The van der Waals surface area contributed by atoms with E-state index in [9.17, 15) is 27.6 Å². The van der Waals surface area contributed by atoms with Gasteiger partial charge in [0, 0.05) is 21.6 Å². The minimum Gasteiger partial charge on any atom is -0.481 e. The Morgan fingerprint density at radius 2 is 1.68 bits per heavy atom. The molecule has 6 nitrogen and oxygen atoms in total.